The van der Waals surface area contributed by atoms with Crippen molar-refractivity contribution < 1.29 is 14.3 Å². The summed E-state index contributed by atoms with van der Waals surface area (Å²) in [6.07, 6.45) is 0.292. The highest BCUT2D eigenvalue weighted by molar-refractivity contribution is 5.94. The van der Waals surface area contributed by atoms with Crippen molar-refractivity contribution in [2.75, 3.05) is 24.3 Å². The second kappa shape index (κ2) is 8.08. The second-order valence-electron chi connectivity index (χ2n) is 4.96. The van der Waals surface area contributed by atoms with E-state index >= 15 is 0 Å². The summed E-state index contributed by atoms with van der Waals surface area (Å²) < 4.78 is 11.0. The zero-order valence-electron chi connectivity index (χ0n) is 13.5. The van der Waals surface area contributed by atoms with Gasteiger partial charge in [0.05, 0.1) is 31.0 Å². The minimum atomic E-state index is -0.121. The lowest BCUT2D eigenvalue weighted by Crippen LogP contribution is -2.15. The molecule has 0 radical (unpaired) electrons. The molecule has 0 aliphatic heterocycles. The van der Waals surface area contributed by atoms with Crippen molar-refractivity contribution in [3.8, 4) is 11.5 Å². The highest BCUT2D eigenvalue weighted by atomic mass is 16.5. The average Bonchev–Trinajstić information content (AvgIpc) is 2.53. The van der Waals surface area contributed by atoms with Gasteiger partial charge in [0, 0.05) is 12.1 Å². The Hall–Kier alpha value is -2.69. The Bertz CT molecular complexity index is 657. The van der Waals surface area contributed by atoms with E-state index in [2.05, 4.69) is 5.32 Å². The fourth-order valence-electron chi connectivity index (χ4n) is 2.20. The molecule has 0 aromatic heterocycles. The van der Waals surface area contributed by atoms with Crippen LogP contribution in [0.4, 0.5) is 11.4 Å². The van der Waals surface area contributed by atoms with Crippen LogP contribution in [-0.4, -0.2) is 19.1 Å². The molecule has 0 fully saturated rings. The number of hydrogen-bond acceptors (Lipinski definition) is 4. The maximum Gasteiger partial charge on any atom is 0.228 e. The van der Waals surface area contributed by atoms with Gasteiger partial charge in [-0.2, -0.15) is 0 Å². The summed E-state index contributed by atoms with van der Waals surface area (Å²) in [5.41, 5.74) is 7.93. The molecule has 2 aromatic carbocycles. The Balaban J connectivity index is 2.19. The molecule has 0 saturated carbocycles. The van der Waals surface area contributed by atoms with E-state index < -0.39 is 0 Å². The van der Waals surface area contributed by atoms with Crippen LogP contribution in [0.25, 0.3) is 0 Å². The van der Waals surface area contributed by atoms with Crippen LogP contribution < -0.4 is 20.5 Å². The molecule has 1 amide bonds. The summed E-state index contributed by atoms with van der Waals surface area (Å²) in [5.74, 6) is 0.949. The molecule has 5 nitrogen and oxygen atoms in total. The Morgan fingerprint density at radius 1 is 1.04 bits per heavy atom. The third-order valence-corrected chi connectivity index (χ3v) is 3.19. The van der Waals surface area contributed by atoms with Gasteiger partial charge in [-0.25, -0.2) is 0 Å². The average molecular weight is 314 g/mol. The van der Waals surface area contributed by atoms with Crippen molar-refractivity contribution in [1.82, 2.24) is 0 Å². The van der Waals surface area contributed by atoms with Crippen LogP contribution in [0.1, 0.15) is 19.4 Å². The van der Waals surface area contributed by atoms with Gasteiger partial charge in [-0.3, -0.25) is 4.79 Å². The second-order valence-corrected chi connectivity index (χ2v) is 4.96. The van der Waals surface area contributed by atoms with Crippen LogP contribution >= 0.6 is 0 Å². The van der Waals surface area contributed by atoms with E-state index in [0.717, 1.165) is 5.56 Å². The number of benzene rings is 2. The number of carbonyl (C=O) groups is 1. The van der Waals surface area contributed by atoms with Crippen LogP contribution in [0.15, 0.2) is 42.5 Å². The topological polar surface area (TPSA) is 73.6 Å². The van der Waals surface area contributed by atoms with E-state index in [-0.39, 0.29) is 5.91 Å². The van der Waals surface area contributed by atoms with Crippen LogP contribution in [-0.2, 0) is 11.2 Å². The predicted octanol–water partition coefficient (Wildman–Crippen LogP) is 3.25. The predicted molar refractivity (Wildman–Crippen MR) is 92.0 cm³/mol. The zero-order valence-corrected chi connectivity index (χ0v) is 13.5. The molecule has 122 valence electrons. The molecule has 5 heteroatoms. The van der Waals surface area contributed by atoms with Gasteiger partial charge in [-0.15, -0.1) is 0 Å². The van der Waals surface area contributed by atoms with E-state index in [9.17, 15) is 4.79 Å². The maximum atomic E-state index is 12.3. The van der Waals surface area contributed by atoms with Gasteiger partial charge in [0.2, 0.25) is 5.91 Å². The van der Waals surface area contributed by atoms with Gasteiger partial charge in [-0.1, -0.05) is 30.3 Å². The molecule has 2 rings (SSSR count). The third kappa shape index (κ3) is 4.64. The normalized spacial score (nSPS) is 10.2. The lowest BCUT2D eigenvalue weighted by Gasteiger charge is -2.15. The first-order chi connectivity index (χ1) is 11.1. The van der Waals surface area contributed by atoms with Crippen molar-refractivity contribution in [3.63, 3.8) is 0 Å². The van der Waals surface area contributed by atoms with Crippen molar-refractivity contribution in [1.29, 1.82) is 0 Å². The number of ether oxygens (including phenoxy) is 2. The first-order valence-corrected chi connectivity index (χ1v) is 7.67. The molecule has 23 heavy (non-hydrogen) atoms. The van der Waals surface area contributed by atoms with Crippen molar-refractivity contribution in [3.05, 3.63) is 48.0 Å². The number of carbonyl (C=O) groups excluding carboxylic acids is 1. The first kappa shape index (κ1) is 16.7. The molecule has 3 N–H and O–H groups in total. The quantitative estimate of drug-likeness (QED) is 0.769. The van der Waals surface area contributed by atoms with Crippen LogP contribution in [0, 0.1) is 0 Å². The van der Waals surface area contributed by atoms with E-state index in [4.69, 9.17) is 15.2 Å². The molecule has 2 aromatic rings. The third-order valence-electron chi connectivity index (χ3n) is 3.19. The van der Waals surface area contributed by atoms with E-state index in [0.29, 0.717) is 42.5 Å². The molecule has 0 spiro atoms. The van der Waals surface area contributed by atoms with Gasteiger partial charge in [-0.05, 0) is 19.4 Å². The summed E-state index contributed by atoms with van der Waals surface area (Å²) in [5, 5.41) is 2.87. The molecular formula is C18H22N2O3. The highest BCUT2D eigenvalue weighted by Crippen LogP contribution is 2.35. The number of hydrogen-bond donors (Lipinski definition) is 2. The van der Waals surface area contributed by atoms with E-state index in [1.807, 2.05) is 44.2 Å². The van der Waals surface area contributed by atoms with Crippen LogP contribution in [0.5, 0.6) is 11.5 Å². The fourth-order valence-corrected chi connectivity index (χ4v) is 2.20. The van der Waals surface area contributed by atoms with Crippen molar-refractivity contribution in [2.24, 2.45) is 0 Å². The lowest BCUT2D eigenvalue weighted by molar-refractivity contribution is -0.115. The van der Waals surface area contributed by atoms with Gasteiger partial charge in [0.25, 0.3) is 0 Å². The number of nitrogens with two attached hydrogens (primary N) is 1. The van der Waals surface area contributed by atoms with Crippen molar-refractivity contribution >= 4 is 17.3 Å². The number of nitrogen functional groups attached to an aromatic ring is 1. The standard InChI is InChI=1S/C18H22N2O3/c1-3-22-16-12-15(17(23-4-2)11-14(16)19)20-18(21)10-13-8-6-5-7-9-13/h5-9,11-12H,3-4,10,19H2,1-2H3,(H,20,21). The lowest BCUT2D eigenvalue weighted by atomic mass is 10.1. The summed E-state index contributed by atoms with van der Waals surface area (Å²) in [7, 11) is 0. The Kier molecular flexibility index (Phi) is 5.86. The molecule has 0 heterocycles. The molecule has 0 bridgehead atoms. The first-order valence-electron chi connectivity index (χ1n) is 7.67. The molecule has 0 atom stereocenters. The monoisotopic (exact) mass is 314 g/mol. The molecule has 0 unspecified atom stereocenters. The van der Waals surface area contributed by atoms with E-state index in [1.165, 1.54) is 0 Å². The Morgan fingerprint density at radius 3 is 2.35 bits per heavy atom. The van der Waals surface area contributed by atoms with Crippen molar-refractivity contribution in [2.45, 2.75) is 20.3 Å². The smallest absolute Gasteiger partial charge is 0.228 e. The summed E-state index contributed by atoms with van der Waals surface area (Å²) >= 11 is 0. The minimum Gasteiger partial charge on any atom is -0.492 e. The summed E-state index contributed by atoms with van der Waals surface area (Å²) in [6.45, 7) is 4.73. The van der Waals surface area contributed by atoms with Crippen LogP contribution in [0.3, 0.4) is 0 Å². The number of anilines is 2. The van der Waals surface area contributed by atoms with Gasteiger partial charge >= 0.3 is 0 Å². The number of amides is 1. The minimum absolute atomic E-state index is 0.121. The van der Waals surface area contributed by atoms with Gasteiger partial charge < -0.3 is 20.5 Å². The van der Waals surface area contributed by atoms with E-state index in [1.54, 1.807) is 12.1 Å². The van der Waals surface area contributed by atoms with Gasteiger partial charge in [0.1, 0.15) is 11.5 Å². The summed E-state index contributed by atoms with van der Waals surface area (Å²) in [4.78, 5) is 12.3. The molecule has 0 saturated heterocycles. The number of rotatable bonds is 7. The molecule has 0 aliphatic carbocycles. The number of nitrogens with one attached hydrogen (secondary N) is 1. The zero-order chi connectivity index (χ0) is 16.7. The Morgan fingerprint density at radius 2 is 1.70 bits per heavy atom. The van der Waals surface area contributed by atoms with Crippen LogP contribution in [0.2, 0.25) is 0 Å². The largest absolute Gasteiger partial charge is 0.492 e. The van der Waals surface area contributed by atoms with Gasteiger partial charge in [0.15, 0.2) is 0 Å². The molecular weight excluding hydrogens is 292 g/mol. The molecule has 0 aliphatic rings. The maximum absolute atomic E-state index is 12.3. The fraction of sp³-hybridized carbons (Fsp3) is 0.278. The summed E-state index contributed by atoms with van der Waals surface area (Å²) in [6, 6.07) is 12.9. The highest BCUT2D eigenvalue weighted by Gasteiger charge is 2.13. The Labute approximate surface area is 136 Å². The SMILES string of the molecule is CCOc1cc(NC(=O)Cc2ccccc2)c(OCC)cc1N.